The molecule has 1 aliphatic heterocycles. The van der Waals surface area contributed by atoms with Gasteiger partial charge in [0, 0.05) is 18.1 Å². The van der Waals surface area contributed by atoms with Gasteiger partial charge in [-0.2, -0.15) is 0 Å². The third-order valence-electron chi connectivity index (χ3n) is 3.67. The van der Waals surface area contributed by atoms with E-state index in [1.165, 1.54) is 23.5 Å². The average molecular weight is 342 g/mol. The number of hydrogen-bond donors (Lipinski definition) is 2. The van der Waals surface area contributed by atoms with Crippen LogP contribution in [-0.4, -0.2) is 51.7 Å². The first kappa shape index (κ1) is 16.4. The fourth-order valence-electron chi connectivity index (χ4n) is 2.56. The van der Waals surface area contributed by atoms with Gasteiger partial charge in [-0.1, -0.05) is 18.2 Å². The fraction of sp³-hybridized carbons (Fsp3) is 0.188. The molecule has 2 aromatic rings. The van der Waals surface area contributed by atoms with Crippen molar-refractivity contribution in [3.8, 4) is 0 Å². The van der Waals surface area contributed by atoms with Gasteiger partial charge in [-0.3, -0.25) is 14.6 Å². The first-order valence-electron chi connectivity index (χ1n) is 7.39. The van der Waals surface area contributed by atoms with Crippen molar-refractivity contribution in [1.82, 2.24) is 15.3 Å². The van der Waals surface area contributed by atoms with Gasteiger partial charge in [-0.25, -0.2) is 9.78 Å². The Hall–Kier alpha value is -3.49. The Balaban J connectivity index is 1.82. The molecule has 9 nitrogen and oxygen atoms in total. The van der Waals surface area contributed by atoms with Crippen molar-refractivity contribution in [1.29, 1.82) is 0 Å². The van der Waals surface area contributed by atoms with Gasteiger partial charge in [0.1, 0.15) is 11.7 Å². The summed E-state index contributed by atoms with van der Waals surface area (Å²) >= 11 is 0. The highest BCUT2D eigenvalue weighted by molar-refractivity contribution is 6.04. The van der Waals surface area contributed by atoms with Crippen LogP contribution in [0.5, 0.6) is 0 Å². The molecule has 0 unspecified atom stereocenters. The summed E-state index contributed by atoms with van der Waals surface area (Å²) in [5, 5.41) is 11.4. The SMILES string of the molecule is O=C(O)O[C@H]1CN(c2ccccc2)C(=O)[C@H]1NC(=O)c1cnccn1. The van der Waals surface area contributed by atoms with Crippen LogP contribution in [0.3, 0.4) is 0 Å². The van der Waals surface area contributed by atoms with Gasteiger partial charge in [0.05, 0.1) is 12.7 Å². The van der Waals surface area contributed by atoms with Gasteiger partial charge in [0.25, 0.3) is 11.8 Å². The molecule has 9 heteroatoms. The molecule has 128 valence electrons. The Morgan fingerprint density at radius 1 is 1.24 bits per heavy atom. The van der Waals surface area contributed by atoms with Gasteiger partial charge in [0.15, 0.2) is 6.10 Å². The van der Waals surface area contributed by atoms with E-state index in [0.29, 0.717) is 5.69 Å². The van der Waals surface area contributed by atoms with Crippen molar-refractivity contribution < 1.29 is 24.2 Å². The number of amides is 2. The molecule has 3 rings (SSSR count). The smallest absolute Gasteiger partial charge is 0.450 e. The summed E-state index contributed by atoms with van der Waals surface area (Å²) in [5.74, 6) is -1.10. The largest absolute Gasteiger partial charge is 0.506 e. The van der Waals surface area contributed by atoms with Crippen molar-refractivity contribution >= 4 is 23.7 Å². The number of anilines is 1. The molecule has 2 N–H and O–H groups in total. The van der Waals surface area contributed by atoms with E-state index >= 15 is 0 Å². The summed E-state index contributed by atoms with van der Waals surface area (Å²) in [6.45, 7) is 0.000557. The van der Waals surface area contributed by atoms with Crippen molar-refractivity contribution in [3.05, 3.63) is 54.6 Å². The topological polar surface area (TPSA) is 122 Å². The molecule has 25 heavy (non-hydrogen) atoms. The van der Waals surface area contributed by atoms with Crippen molar-refractivity contribution in [2.45, 2.75) is 12.1 Å². The molecule has 0 aliphatic carbocycles. The summed E-state index contributed by atoms with van der Waals surface area (Å²) in [5.41, 5.74) is 0.602. The lowest BCUT2D eigenvalue weighted by atomic mass is 10.2. The Morgan fingerprint density at radius 2 is 2.00 bits per heavy atom. The summed E-state index contributed by atoms with van der Waals surface area (Å²) in [4.78, 5) is 44.8. The average Bonchev–Trinajstić information content (AvgIpc) is 2.92. The van der Waals surface area contributed by atoms with E-state index in [4.69, 9.17) is 9.84 Å². The highest BCUT2D eigenvalue weighted by Gasteiger charge is 2.44. The third kappa shape index (κ3) is 3.55. The number of ether oxygens (including phenoxy) is 1. The quantitative estimate of drug-likeness (QED) is 0.784. The molecule has 2 heterocycles. The first-order chi connectivity index (χ1) is 12.1. The molecular formula is C16H14N4O5. The normalized spacial score (nSPS) is 19.5. The summed E-state index contributed by atoms with van der Waals surface area (Å²) in [7, 11) is 0. The number of carbonyl (C=O) groups excluding carboxylic acids is 2. The maximum Gasteiger partial charge on any atom is 0.506 e. The number of para-hydroxylation sites is 1. The number of rotatable bonds is 4. The molecule has 1 aromatic heterocycles. The van der Waals surface area contributed by atoms with E-state index in [2.05, 4.69) is 15.3 Å². The lowest BCUT2D eigenvalue weighted by molar-refractivity contribution is -0.119. The molecule has 0 radical (unpaired) electrons. The second kappa shape index (κ2) is 6.95. The van der Waals surface area contributed by atoms with Gasteiger partial charge in [0.2, 0.25) is 0 Å². The molecule has 2 atom stereocenters. The van der Waals surface area contributed by atoms with Crippen LogP contribution < -0.4 is 10.2 Å². The Morgan fingerprint density at radius 3 is 2.64 bits per heavy atom. The van der Waals surface area contributed by atoms with Gasteiger partial charge in [-0.15, -0.1) is 0 Å². The zero-order valence-electron chi connectivity index (χ0n) is 12.9. The van der Waals surface area contributed by atoms with E-state index < -0.39 is 30.1 Å². The first-order valence-corrected chi connectivity index (χ1v) is 7.39. The summed E-state index contributed by atoms with van der Waals surface area (Å²) < 4.78 is 4.79. The van der Waals surface area contributed by atoms with Gasteiger partial charge < -0.3 is 20.1 Å². The number of aromatic nitrogens is 2. The fourth-order valence-corrected chi connectivity index (χ4v) is 2.56. The van der Waals surface area contributed by atoms with Crippen LogP contribution in [0, 0.1) is 0 Å². The predicted molar refractivity (Wildman–Crippen MR) is 85.0 cm³/mol. The van der Waals surface area contributed by atoms with Crippen LogP contribution in [0.15, 0.2) is 48.9 Å². The number of nitrogens with zero attached hydrogens (tertiary/aromatic N) is 3. The minimum Gasteiger partial charge on any atom is -0.450 e. The number of benzene rings is 1. The van der Waals surface area contributed by atoms with E-state index in [-0.39, 0.29) is 12.2 Å². The van der Waals surface area contributed by atoms with Gasteiger partial charge >= 0.3 is 6.16 Å². The van der Waals surface area contributed by atoms with Crippen LogP contribution in [0.1, 0.15) is 10.5 Å². The number of carbonyl (C=O) groups is 3. The molecule has 2 amide bonds. The Labute approximate surface area is 142 Å². The van der Waals surface area contributed by atoms with Crippen LogP contribution in [0.25, 0.3) is 0 Å². The van der Waals surface area contributed by atoms with Crippen molar-refractivity contribution in [3.63, 3.8) is 0 Å². The highest BCUT2D eigenvalue weighted by Crippen LogP contribution is 2.23. The van der Waals surface area contributed by atoms with Crippen LogP contribution in [0.2, 0.25) is 0 Å². The molecular weight excluding hydrogens is 328 g/mol. The Bertz CT molecular complexity index is 784. The maximum absolute atomic E-state index is 12.7. The number of carboxylic acid groups (broad SMARTS) is 1. The van der Waals surface area contributed by atoms with Crippen LogP contribution in [-0.2, 0) is 9.53 Å². The van der Waals surface area contributed by atoms with Crippen LogP contribution >= 0.6 is 0 Å². The second-order valence-corrected chi connectivity index (χ2v) is 5.25. The third-order valence-corrected chi connectivity index (χ3v) is 3.67. The standard InChI is InChI=1S/C16H14N4O5/c21-14(11-8-17-6-7-18-11)19-13-12(25-16(23)24)9-20(15(13)22)10-4-2-1-3-5-10/h1-8,12-13H,9H2,(H,19,21)(H,23,24)/t12-,13-/m0/s1. The van der Waals surface area contributed by atoms with Gasteiger partial charge in [-0.05, 0) is 12.1 Å². The molecule has 0 spiro atoms. The zero-order valence-corrected chi connectivity index (χ0v) is 12.9. The lowest BCUT2D eigenvalue weighted by Crippen LogP contribution is -2.47. The molecule has 0 bridgehead atoms. The number of nitrogens with one attached hydrogen (secondary N) is 1. The molecule has 1 fully saturated rings. The predicted octanol–water partition coefficient (Wildman–Crippen LogP) is 0.685. The zero-order chi connectivity index (χ0) is 17.8. The van der Waals surface area contributed by atoms with E-state index in [9.17, 15) is 14.4 Å². The number of hydrogen-bond acceptors (Lipinski definition) is 6. The molecule has 1 aromatic carbocycles. The van der Waals surface area contributed by atoms with E-state index in [1.54, 1.807) is 30.3 Å². The van der Waals surface area contributed by atoms with Crippen LogP contribution in [0.4, 0.5) is 10.5 Å². The highest BCUT2D eigenvalue weighted by atomic mass is 16.7. The van der Waals surface area contributed by atoms with E-state index in [1.807, 2.05) is 0 Å². The minimum absolute atomic E-state index is 0.000557. The summed E-state index contributed by atoms with van der Waals surface area (Å²) in [6, 6.07) is 7.57. The lowest BCUT2D eigenvalue weighted by Gasteiger charge is -2.16. The molecule has 1 saturated heterocycles. The summed E-state index contributed by atoms with van der Waals surface area (Å²) in [6.07, 6.45) is 1.44. The van der Waals surface area contributed by atoms with E-state index in [0.717, 1.165) is 0 Å². The second-order valence-electron chi connectivity index (χ2n) is 5.25. The molecule has 1 aliphatic rings. The van der Waals surface area contributed by atoms with Crippen molar-refractivity contribution in [2.75, 3.05) is 11.4 Å². The monoisotopic (exact) mass is 342 g/mol. The Kier molecular flexibility index (Phi) is 4.55. The van der Waals surface area contributed by atoms with Crippen molar-refractivity contribution in [2.24, 2.45) is 0 Å². The molecule has 0 saturated carbocycles. The maximum atomic E-state index is 12.7. The minimum atomic E-state index is -1.52.